The van der Waals surface area contributed by atoms with Crippen LogP contribution in [0.1, 0.15) is 17.2 Å². The van der Waals surface area contributed by atoms with Crippen molar-refractivity contribution in [1.82, 2.24) is 0 Å². The van der Waals surface area contributed by atoms with Crippen LogP contribution in [0.4, 0.5) is 13.2 Å². The zero-order valence-corrected chi connectivity index (χ0v) is 12.0. The Kier molecular flexibility index (Phi) is 4.46. The molecule has 2 aromatic rings. The number of halogens is 4. The second kappa shape index (κ2) is 5.92. The van der Waals surface area contributed by atoms with Crippen molar-refractivity contribution < 1.29 is 13.2 Å². The summed E-state index contributed by atoms with van der Waals surface area (Å²) in [4.78, 5) is 0. The first-order valence-corrected chi connectivity index (χ1v) is 6.69. The minimum absolute atomic E-state index is 0.158. The van der Waals surface area contributed by atoms with Crippen molar-refractivity contribution in [2.45, 2.75) is 12.5 Å². The molecule has 0 aliphatic rings. The fourth-order valence-corrected chi connectivity index (χ4v) is 2.73. The van der Waals surface area contributed by atoms with Gasteiger partial charge in [0.05, 0.1) is 0 Å². The van der Waals surface area contributed by atoms with Gasteiger partial charge in [-0.05, 0) is 70.5 Å². The molecule has 0 fully saturated rings. The fourth-order valence-electron chi connectivity index (χ4n) is 1.85. The molecule has 0 bridgehead atoms. The van der Waals surface area contributed by atoms with Gasteiger partial charge < -0.3 is 5.73 Å². The van der Waals surface area contributed by atoms with Gasteiger partial charge in [-0.2, -0.15) is 0 Å². The fraction of sp³-hybridized carbons (Fsp3) is 0.143. The summed E-state index contributed by atoms with van der Waals surface area (Å²) in [6.07, 6.45) is 0.158. The van der Waals surface area contributed by atoms with Crippen LogP contribution in [-0.2, 0) is 6.42 Å². The largest absolute Gasteiger partial charge is 0.324 e. The molecule has 1 unspecified atom stereocenters. The van der Waals surface area contributed by atoms with Crippen molar-refractivity contribution in [3.05, 3.63) is 68.5 Å². The topological polar surface area (TPSA) is 26.0 Å². The molecule has 0 heterocycles. The van der Waals surface area contributed by atoms with Crippen molar-refractivity contribution in [3.63, 3.8) is 0 Å². The highest BCUT2D eigenvalue weighted by molar-refractivity contribution is 14.1. The summed E-state index contributed by atoms with van der Waals surface area (Å²) < 4.78 is 40.3. The van der Waals surface area contributed by atoms with Crippen LogP contribution in [0.5, 0.6) is 0 Å². The Hall–Kier alpha value is -1.08. The van der Waals surface area contributed by atoms with Crippen LogP contribution in [0, 0.1) is 21.0 Å². The molecule has 100 valence electrons. The third-order valence-corrected chi connectivity index (χ3v) is 3.74. The van der Waals surface area contributed by atoms with Crippen LogP contribution in [0.2, 0.25) is 0 Å². The van der Waals surface area contributed by atoms with Gasteiger partial charge in [0.25, 0.3) is 0 Å². The number of nitrogens with two attached hydrogens (primary N) is 1. The average molecular weight is 377 g/mol. The minimum Gasteiger partial charge on any atom is -0.324 e. The average Bonchev–Trinajstić information content (AvgIpc) is 2.33. The number of rotatable bonds is 3. The van der Waals surface area contributed by atoms with Gasteiger partial charge in [0.15, 0.2) is 0 Å². The monoisotopic (exact) mass is 377 g/mol. The second-order valence-electron chi connectivity index (χ2n) is 4.21. The van der Waals surface area contributed by atoms with Gasteiger partial charge in [-0.15, -0.1) is 0 Å². The zero-order valence-electron chi connectivity index (χ0n) is 9.84. The molecule has 0 spiro atoms. The predicted molar refractivity (Wildman–Crippen MR) is 76.1 cm³/mol. The van der Waals surface area contributed by atoms with Gasteiger partial charge in [-0.3, -0.25) is 0 Å². The molecule has 2 rings (SSSR count). The van der Waals surface area contributed by atoms with Crippen molar-refractivity contribution in [1.29, 1.82) is 0 Å². The third-order valence-electron chi connectivity index (χ3n) is 2.81. The molecule has 0 aliphatic heterocycles. The SMILES string of the molecule is NC(Cc1cc(F)ccc1F)c1ccc(F)cc1I. The first kappa shape index (κ1) is 14.3. The van der Waals surface area contributed by atoms with Gasteiger partial charge in [0.1, 0.15) is 17.5 Å². The first-order chi connectivity index (χ1) is 8.97. The molecule has 19 heavy (non-hydrogen) atoms. The van der Waals surface area contributed by atoms with E-state index in [1.807, 2.05) is 22.6 Å². The van der Waals surface area contributed by atoms with E-state index in [-0.39, 0.29) is 17.8 Å². The highest BCUT2D eigenvalue weighted by Gasteiger charge is 2.14. The van der Waals surface area contributed by atoms with Crippen molar-refractivity contribution in [2.24, 2.45) is 5.73 Å². The first-order valence-electron chi connectivity index (χ1n) is 5.62. The van der Waals surface area contributed by atoms with Gasteiger partial charge >= 0.3 is 0 Å². The van der Waals surface area contributed by atoms with E-state index in [4.69, 9.17) is 5.73 Å². The van der Waals surface area contributed by atoms with Gasteiger partial charge in [-0.25, -0.2) is 13.2 Å². The standard InChI is InChI=1S/C14H11F3IN/c15-9-2-4-12(17)8(5-9)6-14(19)11-3-1-10(16)7-13(11)18/h1-5,7,14H,6,19H2. The molecule has 1 nitrogen and oxygen atoms in total. The normalized spacial score (nSPS) is 12.5. The molecule has 2 aromatic carbocycles. The molecule has 0 saturated carbocycles. The van der Waals surface area contributed by atoms with Crippen LogP contribution in [0.15, 0.2) is 36.4 Å². The van der Waals surface area contributed by atoms with Crippen LogP contribution < -0.4 is 5.73 Å². The molecule has 0 aliphatic carbocycles. The summed E-state index contributed by atoms with van der Waals surface area (Å²) >= 11 is 1.97. The molecule has 2 N–H and O–H groups in total. The summed E-state index contributed by atoms with van der Waals surface area (Å²) in [7, 11) is 0. The molecule has 0 aromatic heterocycles. The van der Waals surface area contributed by atoms with Crippen LogP contribution in [-0.4, -0.2) is 0 Å². The lowest BCUT2D eigenvalue weighted by Gasteiger charge is -2.14. The number of hydrogen-bond donors (Lipinski definition) is 1. The predicted octanol–water partition coefficient (Wildman–Crippen LogP) is 3.95. The Morgan fingerprint density at radius 2 is 1.63 bits per heavy atom. The molecular weight excluding hydrogens is 366 g/mol. The molecule has 0 saturated heterocycles. The van der Waals surface area contributed by atoms with Crippen molar-refractivity contribution in [2.75, 3.05) is 0 Å². The third kappa shape index (κ3) is 3.48. The summed E-state index contributed by atoms with van der Waals surface area (Å²) in [6, 6.07) is 6.99. The lowest BCUT2D eigenvalue weighted by atomic mass is 9.99. The number of hydrogen-bond acceptors (Lipinski definition) is 1. The van der Waals surface area contributed by atoms with E-state index in [1.165, 1.54) is 12.1 Å². The van der Waals surface area contributed by atoms with Gasteiger partial charge in [0.2, 0.25) is 0 Å². The summed E-state index contributed by atoms with van der Waals surface area (Å²) in [5.41, 5.74) is 6.91. The van der Waals surface area contributed by atoms with Crippen LogP contribution in [0.25, 0.3) is 0 Å². The van der Waals surface area contributed by atoms with Gasteiger partial charge in [0, 0.05) is 9.61 Å². The Labute approximate surface area is 122 Å². The van der Waals surface area contributed by atoms with Crippen LogP contribution >= 0.6 is 22.6 Å². The molecule has 1 atom stereocenters. The van der Waals surface area contributed by atoms with Crippen molar-refractivity contribution in [3.8, 4) is 0 Å². The summed E-state index contributed by atoms with van der Waals surface area (Å²) in [5, 5.41) is 0. The smallest absolute Gasteiger partial charge is 0.126 e. The Morgan fingerprint density at radius 3 is 2.32 bits per heavy atom. The lowest BCUT2D eigenvalue weighted by molar-refractivity contribution is 0.571. The van der Waals surface area contributed by atoms with E-state index in [0.29, 0.717) is 9.13 Å². The van der Waals surface area contributed by atoms with Gasteiger partial charge in [-0.1, -0.05) is 6.07 Å². The van der Waals surface area contributed by atoms with E-state index in [0.717, 1.165) is 18.2 Å². The maximum Gasteiger partial charge on any atom is 0.126 e. The second-order valence-corrected chi connectivity index (χ2v) is 5.37. The lowest BCUT2D eigenvalue weighted by Crippen LogP contribution is -2.15. The summed E-state index contributed by atoms with van der Waals surface area (Å²) in [5.74, 6) is -1.34. The van der Waals surface area contributed by atoms with E-state index in [9.17, 15) is 13.2 Å². The van der Waals surface area contributed by atoms with E-state index in [2.05, 4.69) is 0 Å². The highest BCUT2D eigenvalue weighted by atomic mass is 127. The van der Waals surface area contributed by atoms with Crippen LogP contribution in [0.3, 0.4) is 0 Å². The molecular formula is C14H11F3IN. The Balaban J connectivity index is 2.25. The maximum atomic E-state index is 13.5. The Morgan fingerprint density at radius 1 is 1.00 bits per heavy atom. The summed E-state index contributed by atoms with van der Waals surface area (Å²) in [6.45, 7) is 0. The zero-order chi connectivity index (χ0) is 14.0. The quantitative estimate of drug-likeness (QED) is 0.806. The maximum absolute atomic E-state index is 13.5. The molecule has 0 amide bonds. The highest BCUT2D eigenvalue weighted by Crippen LogP contribution is 2.23. The van der Waals surface area contributed by atoms with E-state index >= 15 is 0 Å². The van der Waals surface area contributed by atoms with E-state index in [1.54, 1.807) is 6.07 Å². The van der Waals surface area contributed by atoms with E-state index < -0.39 is 17.7 Å². The molecule has 0 radical (unpaired) electrons. The van der Waals surface area contributed by atoms with Crippen molar-refractivity contribution >= 4 is 22.6 Å². The number of benzene rings is 2. The molecule has 5 heteroatoms. The Bertz CT molecular complexity index is 601. The minimum atomic E-state index is -0.510.